The second-order valence-electron chi connectivity index (χ2n) is 3.74. The quantitative estimate of drug-likeness (QED) is 0.481. The summed E-state index contributed by atoms with van der Waals surface area (Å²) in [5, 5.41) is 17.8. The average Bonchev–Trinajstić information content (AvgIpc) is 2.64. The van der Waals surface area contributed by atoms with Crippen molar-refractivity contribution < 1.29 is 14.5 Å². The monoisotopic (exact) mass is 256 g/mol. The van der Waals surface area contributed by atoms with Crippen LogP contribution in [0.1, 0.15) is 19.5 Å². The minimum absolute atomic E-state index is 0.118. The number of esters is 1. The molecule has 0 radical (unpaired) electrons. The van der Waals surface area contributed by atoms with E-state index in [1.54, 1.807) is 13.8 Å². The molecule has 1 rings (SSSR count). The summed E-state index contributed by atoms with van der Waals surface area (Å²) in [5.74, 6) is -0.274. The summed E-state index contributed by atoms with van der Waals surface area (Å²) >= 11 is 0. The topological polar surface area (TPSA) is 99.3 Å². The van der Waals surface area contributed by atoms with Crippen LogP contribution in [0.4, 0.5) is 11.5 Å². The normalized spacial score (nSPS) is 12.0. The zero-order valence-corrected chi connectivity index (χ0v) is 10.8. The van der Waals surface area contributed by atoms with Gasteiger partial charge < -0.3 is 10.1 Å². The maximum atomic E-state index is 11.3. The number of aryl methyl sites for hydroxylation is 2. The number of aromatic nitrogens is 2. The van der Waals surface area contributed by atoms with Crippen LogP contribution in [0.3, 0.4) is 0 Å². The molecule has 0 bridgehead atoms. The summed E-state index contributed by atoms with van der Waals surface area (Å²) in [5.41, 5.74) is 0.189. The fraction of sp³-hybridized carbons (Fsp3) is 0.600. The Morgan fingerprint density at radius 1 is 1.67 bits per heavy atom. The van der Waals surface area contributed by atoms with Gasteiger partial charge in [0.15, 0.2) is 0 Å². The van der Waals surface area contributed by atoms with Crippen LogP contribution in [-0.4, -0.2) is 33.8 Å². The van der Waals surface area contributed by atoms with Gasteiger partial charge in [-0.2, -0.15) is 5.10 Å². The van der Waals surface area contributed by atoms with E-state index < -0.39 is 16.9 Å². The summed E-state index contributed by atoms with van der Waals surface area (Å²) < 4.78 is 6.02. The first-order valence-corrected chi connectivity index (χ1v) is 5.48. The molecule has 1 aromatic heterocycles. The molecule has 0 aliphatic carbocycles. The van der Waals surface area contributed by atoms with Crippen molar-refractivity contribution in [3.05, 3.63) is 15.8 Å². The molecular weight excluding hydrogens is 240 g/mol. The van der Waals surface area contributed by atoms with Crippen molar-refractivity contribution in [2.75, 3.05) is 12.4 Å². The fourth-order valence-corrected chi connectivity index (χ4v) is 1.60. The van der Waals surface area contributed by atoms with Crippen molar-refractivity contribution in [1.29, 1.82) is 0 Å². The number of anilines is 1. The van der Waals surface area contributed by atoms with E-state index in [0.29, 0.717) is 12.2 Å². The Labute approximate surface area is 104 Å². The van der Waals surface area contributed by atoms with Crippen LogP contribution in [0.15, 0.2) is 0 Å². The molecule has 1 heterocycles. The highest BCUT2D eigenvalue weighted by atomic mass is 16.6. The van der Waals surface area contributed by atoms with Gasteiger partial charge in [-0.1, -0.05) is 0 Å². The van der Waals surface area contributed by atoms with Crippen LogP contribution in [-0.2, 0) is 16.1 Å². The van der Waals surface area contributed by atoms with Gasteiger partial charge in [0.2, 0.25) is 5.82 Å². The van der Waals surface area contributed by atoms with E-state index in [2.05, 4.69) is 15.2 Å². The van der Waals surface area contributed by atoms with Gasteiger partial charge in [0.1, 0.15) is 11.7 Å². The first kappa shape index (κ1) is 13.9. The van der Waals surface area contributed by atoms with Crippen LogP contribution in [0, 0.1) is 17.0 Å². The highest BCUT2D eigenvalue weighted by Crippen LogP contribution is 2.28. The lowest BCUT2D eigenvalue weighted by atomic mass is 10.3. The van der Waals surface area contributed by atoms with Crippen LogP contribution in [0.5, 0.6) is 0 Å². The maximum absolute atomic E-state index is 11.3. The molecule has 1 unspecified atom stereocenters. The Balaban J connectivity index is 3.13. The Hall–Kier alpha value is -2.12. The SMILES string of the molecule is CCn1nc(C)c([N+](=O)[O-])c1NC(C)C(=O)OC. The molecule has 1 aromatic rings. The molecule has 0 spiro atoms. The average molecular weight is 256 g/mol. The van der Waals surface area contributed by atoms with Gasteiger partial charge in [-0.3, -0.25) is 10.1 Å². The van der Waals surface area contributed by atoms with Crippen LogP contribution < -0.4 is 5.32 Å². The molecule has 8 nitrogen and oxygen atoms in total. The zero-order chi connectivity index (χ0) is 13.9. The van der Waals surface area contributed by atoms with E-state index in [1.807, 2.05) is 6.92 Å². The number of carbonyl (C=O) groups excluding carboxylic acids is 1. The summed E-state index contributed by atoms with van der Waals surface area (Å²) in [4.78, 5) is 21.8. The van der Waals surface area contributed by atoms with E-state index in [4.69, 9.17) is 0 Å². The number of hydrogen-bond acceptors (Lipinski definition) is 6. The van der Waals surface area contributed by atoms with Crippen molar-refractivity contribution >= 4 is 17.5 Å². The van der Waals surface area contributed by atoms with Crippen LogP contribution >= 0.6 is 0 Å². The third kappa shape index (κ3) is 2.58. The standard InChI is InChI=1S/C10H16N4O4/c1-5-13-9(11-7(3)10(15)18-4)8(14(16)17)6(2)12-13/h7,11H,5H2,1-4H3. The number of nitrogens with zero attached hydrogens (tertiary/aromatic N) is 3. The van der Waals surface area contributed by atoms with Crippen molar-refractivity contribution in [1.82, 2.24) is 9.78 Å². The molecule has 0 aliphatic heterocycles. The first-order chi connectivity index (χ1) is 8.42. The van der Waals surface area contributed by atoms with E-state index in [0.717, 1.165) is 0 Å². The minimum Gasteiger partial charge on any atom is -0.467 e. The first-order valence-electron chi connectivity index (χ1n) is 5.48. The maximum Gasteiger partial charge on any atom is 0.333 e. The fourth-order valence-electron chi connectivity index (χ4n) is 1.60. The summed E-state index contributed by atoms with van der Waals surface area (Å²) in [6.45, 7) is 5.39. The second-order valence-corrected chi connectivity index (χ2v) is 3.74. The molecule has 0 saturated heterocycles. The molecule has 18 heavy (non-hydrogen) atoms. The third-order valence-corrected chi connectivity index (χ3v) is 2.49. The van der Waals surface area contributed by atoms with Crippen LogP contribution in [0.25, 0.3) is 0 Å². The highest BCUT2D eigenvalue weighted by Gasteiger charge is 2.27. The van der Waals surface area contributed by atoms with Crippen molar-refractivity contribution in [3.8, 4) is 0 Å². The zero-order valence-electron chi connectivity index (χ0n) is 10.8. The number of carbonyl (C=O) groups is 1. The third-order valence-electron chi connectivity index (χ3n) is 2.49. The van der Waals surface area contributed by atoms with Gasteiger partial charge in [0, 0.05) is 6.54 Å². The highest BCUT2D eigenvalue weighted by molar-refractivity contribution is 5.79. The predicted molar refractivity (Wildman–Crippen MR) is 64.4 cm³/mol. The largest absolute Gasteiger partial charge is 0.467 e. The molecule has 1 atom stereocenters. The van der Waals surface area contributed by atoms with Crippen molar-refractivity contribution in [3.63, 3.8) is 0 Å². The molecule has 0 fully saturated rings. The summed E-state index contributed by atoms with van der Waals surface area (Å²) in [6, 6.07) is -0.685. The molecular formula is C10H16N4O4. The lowest BCUT2D eigenvalue weighted by molar-refractivity contribution is -0.384. The molecule has 0 saturated carbocycles. The molecule has 8 heteroatoms. The van der Waals surface area contributed by atoms with Gasteiger partial charge >= 0.3 is 11.7 Å². The molecule has 0 aliphatic rings. The van der Waals surface area contributed by atoms with E-state index in [1.165, 1.54) is 11.8 Å². The molecule has 100 valence electrons. The van der Waals surface area contributed by atoms with E-state index in [9.17, 15) is 14.9 Å². The molecule has 0 amide bonds. The number of methoxy groups -OCH3 is 1. The molecule has 0 aromatic carbocycles. The van der Waals surface area contributed by atoms with Crippen molar-refractivity contribution in [2.24, 2.45) is 0 Å². The van der Waals surface area contributed by atoms with Gasteiger partial charge in [-0.25, -0.2) is 9.48 Å². The lowest BCUT2D eigenvalue weighted by Gasteiger charge is -2.13. The Kier molecular flexibility index (Phi) is 4.24. The number of nitro groups is 1. The second kappa shape index (κ2) is 5.48. The number of rotatable bonds is 5. The van der Waals surface area contributed by atoms with Gasteiger partial charge in [0.25, 0.3) is 0 Å². The lowest BCUT2D eigenvalue weighted by Crippen LogP contribution is -2.28. The number of ether oxygens (including phenoxy) is 1. The molecule has 1 N–H and O–H groups in total. The predicted octanol–water partition coefficient (Wildman–Crippen LogP) is 1.09. The number of hydrogen-bond donors (Lipinski definition) is 1. The van der Waals surface area contributed by atoms with Crippen molar-refractivity contribution in [2.45, 2.75) is 33.4 Å². The minimum atomic E-state index is -0.685. The van der Waals surface area contributed by atoms with Crippen LogP contribution in [0.2, 0.25) is 0 Å². The Morgan fingerprint density at radius 3 is 2.72 bits per heavy atom. The van der Waals surface area contributed by atoms with Gasteiger partial charge in [0.05, 0.1) is 12.0 Å². The Bertz CT molecular complexity index is 469. The van der Waals surface area contributed by atoms with E-state index in [-0.39, 0.29) is 11.5 Å². The Morgan fingerprint density at radius 2 is 2.28 bits per heavy atom. The van der Waals surface area contributed by atoms with Gasteiger partial charge in [-0.15, -0.1) is 0 Å². The smallest absolute Gasteiger partial charge is 0.333 e. The van der Waals surface area contributed by atoms with E-state index >= 15 is 0 Å². The summed E-state index contributed by atoms with van der Waals surface area (Å²) in [6.07, 6.45) is 0. The summed E-state index contributed by atoms with van der Waals surface area (Å²) in [7, 11) is 1.26. The van der Waals surface area contributed by atoms with Gasteiger partial charge in [-0.05, 0) is 20.8 Å². The number of nitrogens with one attached hydrogen (secondary N) is 1.